The Morgan fingerprint density at radius 1 is 1.16 bits per heavy atom. The molecule has 0 radical (unpaired) electrons. The highest BCUT2D eigenvalue weighted by Gasteiger charge is 2.42. The number of amides is 5. The molecule has 0 spiro atoms. The van der Waals surface area contributed by atoms with E-state index in [9.17, 15) is 24.0 Å². The molecule has 202 valence electrons. The highest BCUT2D eigenvalue weighted by atomic mass is 16.2. The van der Waals surface area contributed by atoms with Crippen LogP contribution in [-0.2, 0) is 30.5 Å². The fraction of sp³-hybridized carbons (Fsp3) is 0.577. The van der Waals surface area contributed by atoms with Crippen molar-refractivity contribution in [3.8, 4) is 0 Å². The summed E-state index contributed by atoms with van der Waals surface area (Å²) in [6, 6.07) is 4.71. The average Bonchev–Trinajstić information content (AvgIpc) is 3.32. The second kappa shape index (κ2) is 11.7. The van der Waals surface area contributed by atoms with Crippen LogP contribution in [0.4, 0.5) is 5.69 Å². The van der Waals surface area contributed by atoms with Gasteiger partial charge in [-0.05, 0) is 49.9 Å². The molecule has 4 atom stereocenters. The van der Waals surface area contributed by atoms with Gasteiger partial charge in [0.15, 0.2) is 0 Å². The van der Waals surface area contributed by atoms with Gasteiger partial charge in [-0.1, -0.05) is 32.9 Å². The predicted molar refractivity (Wildman–Crippen MR) is 138 cm³/mol. The minimum Gasteiger partial charge on any atom is -0.350 e. The number of likely N-dealkylation sites (N-methyl/N-ethyl adjacent to an activating group) is 1. The number of likely N-dealkylation sites (tertiary alicyclic amines) is 1. The molecule has 11 heteroatoms. The van der Waals surface area contributed by atoms with E-state index in [0.29, 0.717) is 25.1 Å². The number of anilines is 1. The molecule has 5 amide bonds. The van der Waals surface area contributed by atoms with Gasteiger partial charge in [0.2, 0.25) is 29.5 Å². The van der Waals surface area contributed by atoms with E-state index in [0.717, 1.165) is 5.56 Å². The Morgan fingerprint density at radius 2 is 1.86 bits per heavy atom. The SMILES string of the molecule is CNC(C)C(=O)NC(C(=O)N1CCCC1C(=O)NCc1cccc(NC(=O)C2CC(=O)N2)c1)C(C)(C)C. The first-order chi connectivity index (χ1) is 17.4. The third-order valence-electron chi connectivity index (χ3n) is 6.77. The van der Waals surface area contributed by atoms with Crippen LogP contribution in [0.5, 0.6) is 0 Å². The van der Waals surface area contributed by atoms with Crippen molar-refractivity contribution in [3.63, 3.8) is 0 Å². The molecule has 2 fully saturated rings. The summed E-state index contributed by atoms with van der Waals surface area (Å²) in [6.45, 7) is 8.04. The maximum atomic E-state index is 13.5. The fourth-order valence-corrected chi connectivity index (χ4v) is 4.33. The molecule has 0 aromatic heterocycles. The molecule has 0 saturated carbocycles. The van der Waals surface area contributed by atoms with Gasteiger partial charge in [0.1, 0.15) is 18.1 Å². The van der Waals surface area contributed by atoms with E-state index in [4.69, 9.17) is 0 Å². The molecule has 2 heterocycles. The number of hydrogen-bond donors (Lipinski definition) is 5. The number of carbonyl (C=O) groups excluding carboxylic acids is 5. The van der Waals surface area contributed by atoms with Gasteiger partial charge in [0.25, 0.3) is 0 Å². The van der Waals surface area contributed by atoms with Crippen molar-refractivity contribution < 1.29 is 24.0 Å². The summed E-state index contributed by atoms with van der Waals surface area (Å²) in [6.07, 6.45) is 1.41. The highest BCUT2D eigenvalue weighted by molar-refractivity contribution is 6.03. The number of β-lactam (4-membered cyclic amide) rings is 1. The van der Waals surface area contributed by atoms with E-state index in [-0.39, 0.29) is 42.5 Å². The van der Waals surface area contributed by atoms with Crippen molar-refractivity contribution in [2.45, 2.75) is 77.7 Å². The first-order valence-electron chi connectivity index (χ1n) is 12.7. The van der Waals surface area contributed by atoms with Crippen molar-refractivity contribution in [3.05, 3.63) is 29.8 Å². The average molecular weight is 515 g/mol. The molecule has 11 nitrogen and oxygen atoms in total. The van der Waals surface area contributed by atoms with Crippen molar-refractivity contribution in [1.29, 1.82) is 0 Å². The summed E-state index contributed by atoms with van der Waals surface area (Å²) >= 11 is 0. The molecule has 4 unspecified atom stereocenters. The number of hydrogen-bond acceptors (Lipinski definition) is 6. The van der Waals surface area contributed by atoms with Crippen molar-refractivity contribution in [2.75, 3.05) is 18.9 Å². The third kappa shape index (κ3) is 7.06. The van der Waals surface area contributed by atoms with Gasteiger partial charge >= 0.3 is 0 Å². The Bertz CT molecular complexity index is 1040. The minimum atomic E-state index is -0.773. The van der Waals surface area contributed by atoms with Gasteiger partial charge in [-0.2, -0.15) is 0 Å². The number of rotatable bonds is 9. The van der Waals surface area contributed by atoms with Crippen LogP contribution >= 0.6 is 0 Å². The lowest BCUT2D eigenvalue weighted by atomic mass is 9.85. The zero-order valence-corrected chi connectivity index (χ0v) is 22.1. The lowest BCUT2D eigenvalue weighted by Crippen LogP contribution is -2.59. The van der Waals surface area contributed by atoms with E-state index in [1.54, 1.807) is 37.1 Å². The lowest BCUT2D eigenvalue weighted by Gasteiger charge is -2.36. The van der Waals surface area contributed by atoms with Crippen LogP contribution in [0.1, 0.15) is 52.5 Å². The molecule has 2 saturated heterocycles. The zero-order chi connectivity index (χ0) is 27.3. The molecule has 0 bridgehead atoms. The largest absolute Gasteiger partial charge is 0.350 e. The van der Waals surface area contributed by atoms with Gasteiger partial charge in [-0.25, -0.2) is 0 Å². The van der Waals surface area contributed by atoms with E-state index in [2.05, 4.69) is 26.6 Å². The van der Waals surface area contributed by atoms with E-state index in [1.807, 2.05) is 26.8 Å². The molecule has 2 aliphatic heterocycles. The number of carbonyl (C=O) groups is 5. The maximum Gasteiger partial charge on any atom is 0.247 e. The van der Waals surface area contributed by atoms with Crippen molar-refractivity contribution in [2.24, 2.45) is 5.41 Å². The van der Waals surface area contributed by atoms with Crippen molar-refractivity contribution >= 4 is 35.2 Å². The monoisotopic (exact) mass is 514 g/mol. The smallest absolute Gasteiger partial charge is 0.247 e. The predicted octanol–water partition coefficient (Wildman–Crippen LogP) is 0.260. The number of benzene rings is 1. The number of nitrogens with one attached hydrogen (secondary N) is 5. The quantitative estimate of drug-likeness (QED) is 0.299. The van der Waals surface area contributed by atoms with E-state index >= 15 is 0 Å². The Labute approximate surface area is 217 Å². The highest BCUT2D eigenvalue weighted by Crippen LogP contribution is 2.26. The maximum absolute atomic E-state index is 13.5. The molecule has 5 N–H and O–H groups in total. The first kappa shape index (κ1) is 28.1. The molecule has 2 aliphatic rings. The Kier molecular flexibility index (Phi) is 8.90. The van der Waals surface area contributed by atoms with Crippen molar-refractivity contribution in [1.82, 2.24) is 26.2 Å². The molecular weight excluding hydrogens is 476 g/mol. The zero-order valence-electron chi connectivity index (χ0n) is 22.1. The van der Waals surface area contributed by atoms with Crippen LogP contribution in [0, 0.1) is 5.41 Å². The van der Waals surface area contributed by atoms with Gasteiger partial charge in [-0.3, -0.25) is 24.0 Å². The normalized spacial score (nSPS) is 20.8. The summed E-state index contributed by atoms with van der Waals surface area (Å²) in [5.41, 5.74) is 0.799. The molecule has 37 heavy (non-hydrogen) atoms. The standard InChI is InChI=1S/C26H38N6O5/c1-15(27-5)22(34)31-21(26(2,3)4)25(37)32-11-7-10-19(32)24(36)28-14-16-8-6-9-17(12-16)29-23(35)18-13-20(33)30-18/h6,8-9,12,15,18-19,21,27H,7,10-11,13-14H2,1-5H3,(H,28,36)(H,29,35)(H,30,33)(H,31,34). The fourth-order valence-electron chi connectivity index (χ4n) is 4.33. The van der Waals surface area contributed by atoms with Crippen LogP contribution in [-0.4, -0.2) is 72.2 Å². The third-order valence-corrected chi connectivity index (χ3v) is 6.77. The molecular formula is C26H38N6O5. The van der Waals surface area contributed by atoms with E-state index < -0.39 is 29.6 Å². The second-order valence-electron chi connectivity index (χ2n) is 10.7. The summed E-state index contributed by atoms with van der Waals surface area (Å²) in [7, 11) is 1.68. The van der Waals surface area contributed by atoms with Crippen LogP contribution in [0.15, 0.2) is 24.3 Å². The Balaban J connectivity index is 1.61. The van der Waals surface area contributed by atoms with Crippen LogP contribution in [0.2, 0.25) is 0 Å². The summed E-state index contributed by atoms with van der Waals surface area (Å²) in [4.78, 5) is 63.9. The van der Waals surface area contributed by atoms with Gasteiger partial charge < -0.3 is 31.5 Å². The summed E-state index contributed by atoms with van der Waals surface area (Å²) < 4.78 is 0. The minimum absolute atomic E-state index is 0.153. The summed E-state index contributed by atoms with van der Waals surface area (Å²) in [5, 5.41) is 13.9. The lowest BCUT2D eigenvalue weighted by molar-refractivity contribution is -0.144. The van der Waals surface area contributed by atoms with Crippen LogP contribution in [0.25, 0.3) is 0 Å². The Hall–Kier alpha value is -3.47. The topological polar surface area (TPSA) is 149 Å². The van der Waals surface area contributed by atoms with E-state index in [1.165, 1.54) is 0 Å². The first-order valence-corrected chi connectivity index (χ1v) is 12.7. The van der Waals surface area contributed by atoms with Crippen LogP contribution < -0.4 is 26.6 Å². The molecule has 3 rings (SSSR count). The summed E-state index contributed by atoms with van der Waals surface area (Å²) in [5.74, 6) is -1.25. The van der Waals surface area contributed by atoms with Crippen LogP contribution in [0.3, 0.4) is 0 Å². The molecule has 1 aromatic rings. The van der Waals surface area contributed by atoms with Gasteiger partial charge in [-0.15, -0.1) is 0 Å². The number of nitrogens with zero attached hydrogens (tertiary/aromatic N) is 1. The second-order valence-corrected chi connectivity index (χ2v) is 10.7. The van der Waals surface area contributed by atoms with Gasteiger partial charge in [0.05, 0.1) is 12.5 Å². The van der Waals surface area contributed by atoms with Gasteiger partial charge in [0, 0.05) is 18.8 Å². The Morgan fingerprint density at radius 3 is 2.49 bits per heavy atom. The molecule has 1 aromatic carbocycles. The molecule has 0 aliphatic carbocycles.